The van der Waals surface area contributed by atoms with Crippen molar-refractivity contribution in [3.05, 3.63) is 24.5 Å². The van der Waals surface area contributed by atoms with Crippen LogP contribution in [-0.4, -0.2) is 23.2 Å². The first-order chi connectivity index (χ1) is 8.34. The van der Waals surface area contributed by atoms with E-state index in [1.165, 1.54) is 19.3 Å². The molecule has 2 N–H and O–H groups in total. The molecule has 17 heavy (non-hydrogen) atoms. The molecule has 0 atom stereocenters. The van der Waals surface area contributed by atoms with E-state index in [0.29, 0.717) is 12.6 Å². The van der Waals surface area contributed by atoms with E-state index in [1.807, 2.05) is 24.5 Å². The summed E-state index contributed by atoms with van der Waals surface area (Å²) in [7, 11) is 0. The SMILES string of the molecule is O=C(NCCn1cccc1)NC1CCCCC1. The van der Waals surface area contributed by atoms with Crippen molar-refractivity contribution in [2.45, 2.75) is 44.7 Å². The summed E-state index contributed by atoms with van der Waals surface area (Å²) in [6.07, 6.45) is 10.1. The van der Waals surface area contributed by atoms with Crippen LogP contribution in [0.4, 0.5) is 4.79 Å². The Morgan fingerprint density at radius 3 is 2.59 bits per heavy atom. The van der Waals surface area contributed by atoms with Crippen LogP contribution in [0.15, 0.2) is 24.5 Å². The number of aromatic nitrogens is 1. The molecule has 0 bridgehead atoms. The highest BCUT2D eigenvalue weighted by Gasteiger charge is 2.14. The van der Waals surface area contributed by atoms with Crippen LogP contribution in [0.25, 0.3) is 0 Å². The maximum Gasteiger partial charge on any atom is 0.315 e. The Bertz CT molecular complexity index is 328. The lowest BCUT2D eigenvalue weighted by Crippen LogP contribution is -2.43. The van der Waals surface area contributed by atoms with Crippen LogP contribution >= 0.6 is 0 Å². The predicted octanol–water partition coefficient (Wildman–Crippen LogP) is 2.12. The van der Waals surface area contributed by atoms with Gasteiger partial charge in [-0.2, -0.15) is 0 Å². The van der Waals surface area contributed by atoms with E-state index in [9.17, 15) is 4.79 Å². The van der Waals surface area contributed by atoms with Crippen LogP contribution < -0.4 is 10.6 Å². The highest BCUT2D eigenvalue weighted by Crippen LogP contribution is 2.16. The summed E-state index contributed by atoms with van der Waals surface area (Å²) in [4.78, 5) is 11.6. The van der Waals surface area contributed by atoms with Gasteiger partial charge in [0.2, 0.25) is 0 Å². The summed E-state index contributed by atoms with van der Waals surface area (Å²) < 4.78 is 2.06. The molecule has 2 rings (SSSR count). The summed E-state index contributed by atoms with van der Waals surface area (Å²) in [5, 5.41) is 5.94. The van der Waals surface area contributed by atoms with Gasteiger partial charge in [0.15, 0.2) is 0 Å². The topological polar surface area (TPSA) is 46.1 Å². The van der Waals surface area contributed by atoms with Crippen molar-refractivity contribution in [1.82, 2.24) is 15.2 Å². The van der Waals surface area contributed by atoms with Crippen molar-refractivity contribution in [2.24, 2.45) is 0 Å². The van der Waals surface area contributed by atoms with Crippen LogP contribution in [-0.2, 0) is 6.54 Å². The summed E-state index contributed by atoms with van der Waals surface area (Å²) in [6.45, 7) is 1.50. The molecule has 1 heterocycles. The molecule has 1 saturated carbocycles. The number of nitrogens with zero attached hydrogens (tertiary/aromatic N) is 1. The van der Waals surface area contributed by atoms with E-state index in [-0.39, 0.29) is 6.03 Å². The zero-order valence-corrected chi connectivity index (χ0v) is 10.2. The number of hydrogen-bond donors (Lipinski definition) is 2. The quantitative estimate of drug-likeness (QED) is 0.825. The highest BCUT2D eigenvalue weighted by atomic mass is 16.2. The first-order valence-electron chi connectivity index (χ1n) is 6.50. The molecule has 1 fully saturated rings. The molecule has 4 nitrogen and oxygen atoms in total. The van der Waals surface area contributed by atoms with Gasteiger partial charge in [0.1, 0.15) is 0 Å². The molecule has 0 aliphatic heterocycles. The van der Waals surface area contributed by atoms with Gasteiger partial charge in [-0.3, -0.25) is 0 Å². The summed E-state index contributed by atoms with van der Waals surface area (Å²) in [6, 6.07) is 4.34. The van der Waals surface area contributed by atoms with Crippen molar-refractivity contribution < 1.29 is 4.79 Å². The van der Waals surface area contributed by atoms with Crippen molar-refractivity contribution in [2.75, 3.05) is 6.54 Å². The van der Waals surface area contributed by atoms with Gasteiger partial charge in [0.05, 0.1) is 0 Å². The van der Waals surface area contributed by atoms with Crippen molar-refractivity contribution >= 4 is 6.03 Å². The maximum absolute atomic E-state index is 11.6. The second kappa shape index (κ2) is 6.33. The third-order valence-electron chi connectivity index (χ3n) is 3.26. The second-order valence-electron chi connectivity index (χ2n) is 4.66. The lowest BCUT2D eigenvalue weighted by atomic mass is 9.96. The van der Waals surface area contributed by atoms with Gasteiger partial charge in [-0.1, -0.05) is 19.3 Å². The predicted molar refractivity (Wildman–Crippen MR) is 67.8 cm³/mol. The number of hydrogen-bond acceptors (Lipinski definition) is 1. The molecule has 0 radical (unpaired) electrons. The Hall–Kier alpha value is -1.45. The fourth-order valence-corrected chi connectivity index (χ4v) is 2.30. The van der Waals surface area contributed by atoms with Crippen molar-refractivity contribution in [1.29, 1.82) is 0 Å². The molecule has 4 heteroatoms. The number of rotatable bonds is 4. The molecular weight excluding hydrogens is 214 g/mol. The third-order valence-corrected chi connectivity index (χ3v) is 3.26. The number of carbonyl (C=O) groups excluding carboxylic acids is 1. The minimum atomic E-state index is -0.0240. The smallest absolute Gasteiger partial charge is 0.315 e. The standard InChI is InChI=1S/C13H21N3O/c17-13(15-12-6-2-1-3-7-12)14-8-11-16-9-4-5-10-16/h4-5,9-10,12H,1-3,6-8,11H2,(H2,14,15,17). The van der Waals surface area contributed by atoms with Gasteiger partial charge in [-0.25, -0.2) is 4.79 Å². The van der Waals surface area contributed by atoms with Gasteiger partial charge in [0.25, 0.3) is 0 Å². The van der Waals surface area contributed by atoms with Crippen molar-refractivity contribution in [3.63, 3.8) is 0 Å². The van der Waals surface area contributed by atoms with E-state index in [0.717, 1.165) is 19.4 Å². The van der Waals surface area contributed by atoms with E-state index < -0.39 is 0 Å². The molecule has 2 amide bonds. The van der Waals surface area contributed by atoms with Crippen LogP contribution in [0.5, 0.6) is 0 Å². The zero-order chi connectivity index (χ0) is 11.9. The minimum absolute atomic E-state index is 0.0240. The van der Waals surface area contributed by atoms with E-state index in [4.69, 9.17) is 0 Å². The second-order valence-corrected chi connectivity index (χ2v) is 4.66. The fourth-order valence-electron chi connectivity index (χ4n) is 2.30. The average Bonchev–Trinajstić information content (AvgIpc) is 2.83. The molecule has 0 unspecified atom stereocenters. The Kier molecular flexibility index (Phi) is 4.47. The number of urea groups is 1. The van der Waals surface area contributed by atoms with Gasteiger partial charge < -0.3 is 15.2 Å². The molecule has 1 aromatic rings. The lowest BCUT2D eigenvalue weighted by molar-refractivity contribution is 0.232. The molecule has 1 aliphatic carbocycles. The van der Waals surface area contributed by atoms with E-state index in [1.54, 1.807) is 0 Å². The van der Waals surface area contributed by atoms with Crippen LogP contribution in [0, 0.1) is 0 Å². The van der Waals surface area contributed by atoms with Crippen LogP contribution in [0.1, 0.15) is 32.1 Å². The van der Waals surface area contributed by atoms with E-state index >= 15 is 0 Å². The molecule has 1 aliphatic rings. The van der Waals surface area contributed by atoms with Crippen molar-refractivity contribution in [3.8, 4) is 0 Å². The Labute approximate surface area is 102 Å². The largest absolute Gasteiger partial charge is 0.353 e. The number of amides is 2. The monoisotopic (exact) mass is 235 g/mol. The maximum atomic E-state index is 11.6. The van der Waals surface area contributed by atoms with Gasteiger partial charge in [-0.15, -0.1) is 0 Å². The summed E-state index contributed by atoms with van der Waals surface area (Å²) in [5.41, 5.74) is 0. The average molecular weight is 235 g/mol. The first kappa shape index (κ1) is 12.0. The Morgan fingerprint density at radius 2 is 1.88 bits per heavy atom. The molecular formula is C13H21N3O. The molecule has 1 aromatic heterocycles. The molecule has 0 saturated heterocycles. The molecule has 0 aromatic carbocycles. The van der Waals surface area contributed by atoms with Crippen LogP contribution in [0.3, 0.4) is 0 Å². The first-order valence-corrected chi connectivity index (χ1v) is 6.50. The third kappa shape index (κ3) is 4.13. The van der Waals surface area contributed by atoms with Gasteiger partial charge >= 0.3 is 6.03 Å². The molecule has 94 valence electrons. The zero-order valence-electron chi connectivity index (χ0n) is 10.2. The number of nitrogens with one attached hydrogen (secondary N) is 2. The summed E-state index contributed by atoms with van der Waals surface area (Å²) in [5.74, 6) is 0. The fraction of sp³-hybridized carbons (Fsp3) is 0.615. The van der Waals surface area contributed by atoms with E-state index in [2.05, 4.69) is 15.2 Å². The van der Waals surface area contributed by atoms with Crippen LogP contribution in [0.2, 0.25) is 0 Å². The normalized spacial score (nSPS) is 16.7. The Morgan fingerprint density at radius 1 is 1.18 bits per heavy atom. The summed E-state index contributed by atoms with van der Waals surface area (Å²) >= 11 is 0. The Balaban J connectivity index is 1.60. The minimum Gasteiger partial charge on any atom is -0.353 e. The highest BCUT2D eigenvalue weighted by molar-refractivity contribution is 5.74. The number of carbonyl (C=O) groups is 1. The van der Waals surface area contributed by atoms with Gasteiger partial charge in [-0.05, 0) is 25.0 Å². The van der Waals surface area contributed by atoms with Gasteiger partial charge in [0, 0.05) is 31.5 Å². The lowest BCUT2D eigenvalue weighted by Gasteiger charge is -2.22. The molecule has 0 spiro atoms.